The molecule has 1 aromatic rings. The Kier molecular flexibility index (Phi) is 4.83. The zero-order chi connectivity index (χ0) is 14.8. The van der Waals surface area contributed by atoms with Crippen LogP contribution in [0.4, 0.5) is 0 Å². The van der Waals surface area contributed by atoms with Crippen LogP contribution < -0.4 is 5.32 Å². The SMILES string of the molecule is CC(C)c1ccc(C(O)CNC2CCS(=O)(=O)C2)cc1. The van der Waals surface area contributed by atoms with Gasteiger partial charge in [-0.15, -0.1) is 0 Å². The molecule has 4 nitrogen and oxygen atoms in total. The van der Waals surface area contributed by atoms with E-state index in [1.165, 1.54) is 5.56 Å². The van der Waals surface area contributed by atoms with Crippen LogP contribution >= 0.6 is 0 Å². The molecule has 1 aromatic carbocycles. The standard InChI is InChI=1S/C15H23NO3S/c1-11(2)12-3-5-13(6-4-12)15(17)9-16-14-7-8-20(18,19)10-14/h3-6,11,14-17H,7-10H2,1-2H3. The molecule has 1 aliphatic rings. The van der Waals surface area contributed by atoms with Crippen molar-refractivity contribution in [2.45, 2.75) is 38.3 Å². The second-order valence-electron chi connectivity index (χ2n) is 5.85. The van der Waals surface area contributed by atoms with Crippen molar-refractivity contribution in [3.8, 4) is 0 Å². The lowest BCUT2D eigenvalue weighted by Crippen LogP contribution is -2.33. The van der Waals surface area contributed by atoms with Gasteiger partial charge in [-0.2, -0.15) is 0 Å². The number of benzene rings is 1. The van der Waals surface area contributed by atoms with Gasteiger partial charge in [-0.1, -0.05) is 38.1 Å². The number of hydrogen-bond donors (Lipinski definition) is 2. The third-order valence-electron chi connectivity index (χ3n) is 3.82. The van der Waals surface area contributed by atoms with Crippen LogP contribution in [0.25, 0.3) is 0 Å². The van der Waals surface area contributed by atoms with E-state index in [1.54, 1.807) is 0 Å². The molecular weight excluding hydrogens is 274 g/mol. The summed E-state index contributed by atoms with van der Waals surface area (Å²) in [6.45, 7) is 4.66. The molecular formula is C15H23NO3S. The summed E-state index contributed by atoms with van der Waals surface area (Å²) in [5.41, 5.74) is 2.11. The van der Waals surface area contributed by atoms with E-state index in [4.69, 9.17) is 0 Å². The molecule has 0 saturated carbocycles. The lowest BCUT2D eigenvalue weighted by molar-refractivity contribution is 0.171. The third-order valence-corrected chi connectivity index (χ3v) is 5.59. The highest BCUT2D eigenvalue weighted by atomic mass is 32.2. The molecule has 20 heavy (non-hydrogen) atoms. The minimum atomic E-state index is -2.87. The number of sulfone groups is 1. The van der Waals surface area contributed by atoms with Gasteiger partial charge in [0.1, 0.15) is 0 Å². The van der Waals surface area contributed by atoms with Crippen molar-refractivity contribution in [3.63, 3.8) is 0 Å². The second kappa shape index (κ2) is 6.24. The highest BCUT2D eigenvalue weighted by Gasteiger charge is 2.27. The molecule has 1 aliphatic heterocycles. The van der Waals surface area contributed by atoms with Gasteiger partial charge < -0.3 is 10.4 Å². The Bertz CT molecular complexity index is 537. The van der Waals surface area contributed by atoms with Crippen molar-refractivity contribution in [1.82, 2.24) is 5.32 Å². The van der Waals surface area contributed by atoms with Gasteiger partial charge in [0.15, 0.2) is 9.84 Å². The van der Waals surface area contributed by atoms with Gasteiger partial charge in [0.2, 0.25) is 0 Å². The summed E-state index contributed by atoms with van der Waals surface area (Å²) < 4.78 is 22.7. The molecule has 2 atom stereocenters. The molecule has 5 heteroatoms. The molecule has 0 aliphatic carbocycles. The minimum absolute atomic E-state index is 0.0235. The Morgan fingerprint density at radius 2 is 1.85 bits per heavy atom. The quantitative estimate of drug-likeness (QED) is 0.867. The molecule has 1 saturated heterocycles. The molecule has 2 rings (SSSR count). The predicted octanol–water partition coefficient (Wildman–Crippen LogP) is 1.62. The number of aliphatic hydroxyl groups is 1. The average Bonchev–Trinajstić information content (AvgIpc) is 2.75. The highest BCUT2D eigenvalue weighted by molar-refractivity contribution is 7.91. The van der Waals surface area contributed by atoms with Gasteiger partial charge in [-0.25, -0.2) is 8.42 Å². The lowest BCUT2D eigenvalue weighted by atomic mass is 10.00. The van der Waals surface area contributed by atoms with Gasteiger partial charge in [-0.05, 0) is 23.5 Å². The molecule has 0 radical (unpaired) electrons. The third kappa shape index (κ3) is 4.04. The van der Waals surface area contributed by atoms with Gasteiger partial charge in [0.25, 0.3) is 0 Å². The van der Waals surface area contributed by atoms with Crippen LogP contribution in [0.15, 0.2) is 24.3 Å². The first-order valence-electron chi connectivity index (χ1n) is 7.09. The fraction of sp³-hybridized carbons (Fsp3) is 0.600. The molecule has 2 unspecified atom stereocenters. The van der Waals surface area contributed by atoms with E-state index >= 15 is 0 Å². The van der Waals surface area contributed by atoms with Crippen LogP contribution in [-0.4, -0.2) is 37.6 Å². The zero-order valence-electron chi connectivity index (χ0n) is 12.0. The van der Waals surface area contributed by atoms with Crippen molar-refractivity contribution in [1.29, 1.82) is 0 Å². The summed E-state index contributed by atoms with van der Waals surface area (Å²) in [4.78, 5) is 0. The van der Waals surface area contributed by atoms with Gasteiger partial charge in [-0.3, -0.25) is 0 Å². The first-order chi connectivity index (χ1) is 9.37. The molecule has 0 bridgehead atoms. The van der Waals surface area contributed by atoms with Gasteiger partial charge in [0.05, 0.1) is 17.6 Å². The fourth-order valence-corrected chi connectivity index (χ4v) is 4.16. The van der Waals surface area contributed by atoms with E-state index in [0.717, 1.165) is 5.56 Å². The van der Waals surface area contributed by atoms with Crippen molar-refractivity contribution in [3.05, 3.63) is 35.4 Å². The smallest absolute Gasteiger partial charge is 0.151 e. The summed E-state index contributed by atoms with van der Waals surface area (Å²) in [5.74, 6) is 0.915. The summed E-state index contributed by atoms with van der Waals surface area (Å²) in [6.07, 6.45) is 0.0425. The maximum absolute atomic E-state index is 11.4. The Morgan fingerprint density at radius 1 is 1.25 bits per heavy atom. The molecule has 2 N–H and O–H groups in total. The molecule has 1 heterocycles. The highest BCUT2D eigenvalue weighted by Crippen LogP contribution is 2.19. The Hall–Kier alpha value is -0.910. The van der Waals surface area contributed by atoms with E-state index in [-0.39, 0.29) is 17.5 Å². The van der Waals surface area contributed by atoms with E-state index in [1.807, 2.05) is 24.3 Å². The van der Waals surface area contributed by atoms with E-state index in [2.05, 4.69) is 19.2 Å². The molecule has 1 fully saturated rings. The lowest BCUT2D eigenvalue weighted by Gasteiger charge is -2.16. The number of aliphatic hydroxyl groups excluding tert-OH is 1. The van der Waals surface area contributed by atoms with Crippen LogP contribution in [-0.2, 0) is 9.84 Å². The minimum Gasteiger partial charge on any atom is -0.387 e. The number of rotatable bonds is 5. The maximum atomic E-state index is 11.4. The molecule has 0 aromatic heterocycles. The Morgan fingerprint density at radius 3 is 2.35 bits per heavy atom. The largest absolute Gasteiger partial charge is 0.387 e. The van der Waals surface area contributed by atoms with Crippen LogP contribution in [0.1, 0.15) is 43.4 Å². The van der Waals surface area contributed by atoms with Crippen molar-refractivity contribution >= 4 is 9.84 Å². The Labute approximate surface area is 121 Å². The molecule has 0 spiro atoms. The van der Waals surface area contributed by atoms with E-state index < -0.39 is 15.9 Å². The van der Waals surface area contributed by atoms with Crippen molar-refractivity contribution < 1.29 is 13.5 Å². The van der Waals surface area contributed by atoms with Crippen molar-refractivity contribution in [2.24, 2.45) is 0 Å². The molecule has 0 amide bonds. The van der Waals surface area contributed by atoms with Crippen molar-refractivity contribution in [2.75, 3.05) is 18.1 Å². The predicted molar refractivity (Wildman–Crippen MR) is 80.6 cm³/mol. The summed E-state index contributed by atoms with van der Waals surface area (Å²) >= 11 is 0. The number of hydrogen-bond acceptors (Lipinski definition) is 4. The Balaban J connectivity index is 1.87. The summed E-state index contributed by atoms with van der Waals surface area (Å²) in [5, 5.41) is 13.3. The summed E-state index contributed by atoms with van der Waals surface area (Å²) in [6, 6.07) is 7.91. The maximum Gasteiger partial charge on any atom is 0.151 e. The monoisotopic (exact) mass is 297 g/mol. The first-order valence-corrected chi connectivity index (χ1v) is 8.91. The van der Waals surface area contributed by atoms with Crippen LogP contribution in [0.5, 0.6) is 0 Å². The van der Waals surface area contributed by atoms with Crippen LogP contribution in [0.3, 0.4) is 0 Å². The van der Waals surface area contributed by atoms with Crippen LogP contribution in [0.2, 0.25) is 0 Å². The fourth-order valence-electron chi connectivity index (χ4n) is 2.46. The van der Waals surface area contributed by atoms with E-state index in [9.17, 15) is 13.5 Å². The normalized spacial score (nSPS) is 23.1. The average molecular weight is 297 g/mol. The molecule has 112 valence electrons. The van der Waals surface area contributed by atoms with Gasteiger partial charge >= 0.3 is 0 Å². The van der Waals surface area contributed by atoms with E-state index in [0.29, 0.717) is 18.9 Å². The number of nitrogens with one attached hydrogen (secondary N) is 1. The van der Waals surface area contributed by atoms with Crippen LogP contribution in [0, 0.1) is 0 Å². The first kappa shape index (κ1) is 15.5. The van der Waals surface area contributed by atoms with Gasteiger partial charge in [0, 0.05) is 12.6 Å². The topological polar surface area (TPSA) is 66.4 Å². The second-order valence-corrected chi connectivity index (χ2v) is 8.07. The summed E-state index contributed by atoms with van der Waals surface area (Å²) in [7, 11) is -2.87. The zero-order valence-corrected chi connectivity index (χ0v) is 12.9.